The van der Waals surface area contributed by atoms with Crippen molar-refractivity contribution in [1.82, 2.24) is 0 Å². The van der Waals surface area contributed by atoms with Gasteiger partial charge in [-0.05, 0) is 24.3 Å². The first-order chi connectivity index (χ1) is 9.09. The summed E-state index contributed by atoms with van der Waals surface area (Å²) >= 11 is 6.72. The highest BCUT2D eigenvalue weighted by molar-refractivity contribution is 7.86. The Kier molecular flexibility index (Phi) is 3.93. The summed E-state index contributed by atoms with van der Waals surface area (Å²) in [6.45, 7) is 0. The third-order valence-electron chi connectivity index (χ3n) is 2.27. The van der Waals surface area contributed by atoms with Crippen LogP contribution >= 0.6 is 22.9 Å². The molecule has 1 radical (unpaired) electrons. The molecule has 10 heteroatoms. The molecule has 0 spiro atoms. The zero-order valence-corrected chi connectivity index (χ0v) is 12.6. The van der Waals surface area contributed by atoms with E-state index in [1.54, 1.807) is 0 Å². The van der Waals surface area contributed by atoms with E-state index < -0.39 is 30.0 Å². The molecular weight excluding hydrogens is 348 g/mol. The molecule has 20 heavy (non-hydrogen) atoms. The average Bonchev–Trinajstić information content (AvgIpc) is 2.72. The molecular formula is C10H6ClO6S3. The average molecular weight is 354 g/mol. The van der Waals surface area contributed by atoms with E-state index in [0.717, 1.165) is 23.5 Å². The summed E-state index contributed by atoms with van der Waals surface area (Å²) in [6.07, 6.45) is 0. The zero-order chi connectivity index (χ0) is 15.1. The summed E-state index contributed by atoms with van der Waals surface area (Å²) in [5.74, 6) is 0. The molecule has 0 fully saturated rings. The van der Waals surface area contributed by atoms with Crippen molar-refractivity contribution in [1.29, 1.82) is 0 Å². The maximum atomic E-state index is 11.3. The van der Waals surface area contributed by atoms with Crippen LogP contribution in [-0.2, 0) is 20.2 Å². The van der Waals surface area contributed by atoms with Gasteiger partial charge in [-0.3, -0.25) is 9.11 Å². The molecule has 0 bridgehead atoms. The van der Waals surface area contributed by atoms with Crippen molar-refractivity contribution in [3.63, 3.8) is 0 Å². The van der Waals surface area contributed by atoms with Crippen molar-refractivity contribution in [2.45, 2.75) is 9.79 Å². The first-order valence-electron chi connectivity index (χ1n) is 4.85. The Morgan fingerprint density at radius 2 is 1.75 bits per heavy atom. The Morgan fingerprint density at radius 1 is 1.10 bits per heavy atom. The van der Waals surface area contributed by atoms with E-state index in [9.17, 15) is 16.8 Å². The van der Waals surface area contributed by atoms with Gasteiger partial charge in [0.2, 0.25) is 0 Å². The van der Waals surface area contributed by atoms with E-state index >= 15 is 0 Å². The quantitative estimate of drug-likeness (QED) is 0.820. The van der Waals surface area contributed by atoms with Crippen molar-refractivity contribution in [3.8, 4) is 10.4 Å². The van der Waals surface area contributed by atoms with Gasteiger partial charge in [-0.1, -0.05) is 11.6 Å². The lowest BCUT2D eigenvalue weighted by atomic mass is 10.2. The molecule has 107 valence electrons. The normalized spacial score (nSPS) is 12.6. The predicted molar refractivity (Wildman–Crippen MR) is 73.2 cm³/mol. The topological polar surface area (TPSA) is 109 Å². The summed E-state index contributed by atoms with van der Waals surface area (Å²) in [4.78, 5) is -0.822. The highest BCUT2D eigenvalue weighted by atomic mass is 35.5. The lowest BCUT2D eigenvalue weighted by molar-refractivity contribution is 0.478. The number of thiophene rings is 1. The van der Waals surface area contributed by atoms with Crippen LogP contribution in [0.3, 0.4) is 0 Å². The molecule has 1 heterocycles. The highest BCUT2D eigenvalue weighted by Crippen LogP contribution is 2.36. The van der Waals surface area contributed by atoms with Gasteiger partial charge in [0, 0.05) is 16.5 Å². The Bertz CT molecular complexity index is 866. The van der Waals surface area contributed by atoms with Crippen LogP contribution in [0.2, 0.25) is 4.34 Å². The number of benzene rings is 1. The van der Waals surface area contributed by atoms with Crippen LogP contribution in [0, 0.1) is 6.07 Å². The molecule has 0 saturated heterocycles. The van der Waals surface area contributed by atoms with Gasteiger partial charge in [0.25, 0.3) is 20.2 Å². The van der Waals surface area contributed by atoms with E-state index in [0.29, 0.717) is 9.21 Å². The SMILES string of the molecule is O=S(=O)(O)c1c[c]c(S(=O)(=O)O)c(-c2ccc(Cl)s2)c1. The number of hydrogen-bond donors (Lipinski definition) is 2. The van der Waals surface area contributed by atoms with Crippen molar-refractivity contribution < 1.29 is 25.9 Å². The molecule has 0 saturated carbocycles. The predicted octanol–water partition coefficient (Wildman–Crippen LogP) is 2.36. The Balaban J connectivity index is 2.80. The van der Waals surface area contributed by atoms with Crippen LogP contribution in [0.5, 0.6) is 0 Å². The van der Waals surface area contributed by atoms with E-state index in [1.807, 2.05) is 0 Å². The van der Waals surface area contributed by atoms with Gasteiger partial charge in [0.1, 0.15) is 4.90 Å². The fourth-order valence-electron chi connectivity index (χ4n) is 1.47. The van der Waals surface area contributed by atoms with Crippen LogP contribution in [0.25, 0.3) is 10.4 Å². The van der Waals surface area contributed by atoms with E-state index in [-0.39, 0.29) is 5.56 Å². The number of rotatable bonds is 3. The monoisotopic (exact) mass is 353 g/mol. The Morgan fingerprint density at radius 3 is 2.20 bits per heavy atom. The molecule has 0 aliphatic carbocycles. The summed E-state index contributed by atoms with van der Waals surface area (Å²) < 4.78 is 63.2. The van der Waals surface area contributed by atoms with Crippen LogP contribution in [0.4, 0.5) is 0 Å². The van der Waals surface area contributed by atoms with Gasteiger partial charge < -0.3 is 0 Å². The molecule has 0 aliphatic heterocycles. The molecule has 2 rings (SSSR count). The second-order valence-electron chi connectivity index (χ2n) is 3.63. The van der Waals surface area contributed by atoms with Gasteiger partial charge in [0.05, 0.1) is 9.23 Å². The summed E-state index contributed by atoms with van der Waals surface area (Å²) in [6, 6.07) is 6.77. The third kappa shape index (κ3) is 3.19. The standard InChI is InChI=1S/C10H6ClO6S3/c11-10-4-2-8(18-10)7-5-6(19(12,13)14)1-3-9(7)20(15,16)17/h1-2,4-5H,(H,12,13,14)(H,15,16,17). The maximum absolute atomic E-state index is 11.3. The van der Waals surface area contributed by atoms with Crippen molar-refractivity contribution >= 4 is 43.2 Å². The van der Waals surface area contributed by atoms with Gasteiger partial charge in [0.15, 0.2) is 0 Å². The van der Waals surface area contributed by atoms with E-state index in [2.05, 4.69) is 6.07 Å². The van der Waals surface area contributed by atoms with Crippen LogP contribution in [-0.4, -0.2) is 25.9 Å². The second kappa shape index (κ2) is 5.10. The van der Waals surface area contributed by atoms with Crippen molar-refractivity contribution in [2.75, 3.05) is 0 Å². The van der Waals surface area contributed by atoms with Gasteiger partial charge >= 0.3 is 0 Å². The molecule has 6 nitrogen and oxygen atoms in total. The van der Waals surface area contributed by atoms with Gasteiger partial charge in [-0.15, -0.1) is 11.3 Å². The van der Waals surface area contributed by atoms with E-state index in [1.165, 1.54) is 12.1 Å². The van der Waals surface area contributed by atoms with Crippen molar-refractivity contribution in [2.24, 2.45) is 0 Å². The van der Waals surface area contributed by atoms with Gasteiger partial charge in [-0.25, -0.2) is 0 Å². The Labute approximate surface area is 124 Å². The zero-order valence-electron chi connectivity index (χ0n) is 9.44. The molecule has 1 aromatic heterocycles. The minimum absolute atomic E-state index is 0.112. The van der Waals surface area contributed by atoms with Crippen LogP contribution < -0.4 is 0 Å². The van der Waals surface area contributed by atoms with Crippen LogP contribution in [0.15, 0.2) is 34.1 Å². The number of halogens is 1. The second-order valence-corrected chi connectivity index (χ2v) is 8.13. The first kappa shape index (κ1) is 15.4. The first-order valence-corrected chi connectivity index (χ1v) is 8.93. The van der Waals surface area contributed by atoms with Gasteiger partial charge in [-0.2, -0.15) is 16.8 Å². The Hall–Kier alpha value is -0.970. The summed E-state index contributed by atoms with van der Waals surface area (Å²) in [7, 11) is -9.13. The fraction of sp³-hybridized carbons (Fsp3) is 0. The molecule has 0 amide bonds. The third-order valence-corrected chi connectivity index (χ3v) is 5.22. The minimum atomic E-state index is -4.60. The summed E-state index contributed by atoms with van der Waals surface area (Å²) in [5.41, 5.74) is -0.112. The molecule has 2 aromatic rings. The highest BCUT2D eigenvalue weighted by Gasteiger charge is 2.21. The van der Waals surface area contributed by atoms with E-state index in [4.69, 9.17) is 20.7 Å². The molecule has 0 aliphatic rings. The largest absolute Gasteiger partial charge is 0.295 e. The smallest absolute Gasteiger partial charge is 0.282 e. The fourth-order valence-corrected chi connectivity index (χ4v) is 3.73. The maximum Gasteiger partial charge on any atom is 0.295 e. The number of hydrogen-bond acceptors (Lipinski definition) is 5. The summed E-state index contributed by atoms with van der Waals surface area (Å²) in [5, 5.41) is 0. The van der Waals surface area contributed by atoms with Crippen molar-refractivity contribution in [3.05, 3.63) is 34.7 Å². The molecule has 2 N–H and O–H groups in total. The lowest BCUT2D eigenvalue weighted by Gasteiger charge is -2.06. The lowest BCUT2D eigenvalue weighted by Crippen LogP contribution is -2.04. The minimum Gasteiger partial charge on any atom is -0.282 e. The molecule has 0 unspecified atom stereocenters. The molecule has 0 atom stereocenters. The van der Waals surface area contributed by atoms with Crippen LogP contribution in [0.1, 0.15) is 0 Å². The molecule has 1 aromatic carbocycles.